The van der Waals surface area contributed by atoms with Gasteiger partial charge in [-0.05, 0) is 19.1 Å². The van der Waals surface area contributed by atoms with E-state index in [2.05, 4.69) is 15.5 Å². The predicted molar refractivity (Wildman–Crippen MR) is 65.2 cm³/mol. The minimum atomic E-state index is -0.932. The molecule has 1 atom stereocenters. The number of nitrogens with one attached hydrogen (secondary N) is 2. The minimum absolute atomic E-state index is 0.393. The van der Waals surface area contributed by atoms with E-state index in [1.54, 1.807) is 13.1 Å². The number of nitrogens with two attached hydrogens (primary N) is 1. The summed E-state index contributed by atoms with van der Waals surface area (Å²) >= 11 is 0. The quantitative estimate of drug-likeness (QED) is 0.740. The van der Waals surface area contributed by atoms with Crippen LogP contribution in [0.5, 0.6) is 0 Å². The molecule has 7 heteroatoms. The average molecular weight is 266 g/mol. The van der Waals surface area contributed by atoms with E-state index in [4.69, 9.17) is 5.73 Å². The zero-order valence-electron chi connectivity index (χ0n) is 10.1. The molecule has 4 N–H and O–H groups in total. The molecule has 2 rings (SSSR count). The van der Waals surface area contributed by atoms with Gasteiger partial charge in [-0.15, -0.1) is 0 Å². The van der Waals surface area contributed by atoms with Crippen LogP contribution in [0.2, 0.25) is 0 Å². The van der Waals surface area contributed by atoms with Gasteiger partial charge in [0.05, 0.1) is 23.5 Å². The predicted octanol–water partition coefficient (Wildman–Crippen LogP) is 1.76. The normalized spacial score (nSPS) is 12.2. The van der Waals surface area contributed by atoms with Crippen LogP contribution in [0.25, 0.3) is 0 Å². The number of anilines is 1. The molecule has 100 valence electrons. The highest BCUT2D eigenvalue weighted by molar-refractivity contribution is 5.95. The summed E-state index contributed by atoms with van der Waals surface area (Å²) in [5, 5.41) is 8.87. The van der Waals surface area contributed by atoms with Crippen molar-refractivity contribution in [2.45, 2.75) is 13.0 Å². The van der Waals surface area contributed by atoms with Gasteiger partial charge in [-0.1, -0.05) is 0 Å². The Morgan fingerprint density at radius 3 is 2.84 bits per heavy atom. The van der Waals surface area contributed by atoms with Crippen LogP contribution >= 0.6 is 0 Å². The molecule has 1 heterocycles. The largest absolute Gasteiger partial charge is 0.396 e. The van der Waals surface area contributed by atoms with E-state index < -0.39 is 34.8 Å². The number of nitrogen functional groups attached to an aromatic ring is 1. The molecule has 0 aliphatic carbocycles. The Morgan fingerprint density at radius 1 is 1.47 bits per heavy atom. The number of aromatic nitrogens is 2. The molecule has 1 aromatic heterocycles. The van der Waals surface area contributed by atoms with E-state index in [-0.39, 0.29) is 0 Å². The number of benzene rings is 1. The van der Waals surface area contributed by atoms with Gasteiger partial charge in [0, 0.05) is 11.8 Å². The van der Waals surface area contributed by atoms with E-state index in [0.717, 1.165) is 17.7 Å². The molecule has 2 aromatic rings. The van der Waals surface area contributed by atoms with Crippen LogP contribution in [0.1, 0.15) is 28.9 Å². The summed E-state index contributed by atoms with van der Waals surface area (Å²) in [5.41, 5.74) is 5.17. The Balaban J connectivity index is 2.21. The van der Waals surface area contributed by atoms with Gasteiger partial charge in [-0.25, -0.2) is 8.78 Å². The van der Waals surface area contributed by atoms with Gasteiger partial charge in [-0.2, -0.15) is 5.10 Å². The third kappa shape index (κ3) is 2.70. The van der Waals surface area contributed by atoms with Gasteiger partial charge in [0.2, 0.25) is 0 Å². The molecule has 19 heavy (non-hydrogen) atoms. The monoisotopic (exact) mass is 266 g/mol. The molecule has 5 nitrogen and oxygen atoms in total. The lowest BCUT2D eigenvalue weighted by Gasteiger charge is -2.13. The van der Waals surface area contributed by atoms with Crippen LogP contribution in [0.4, 0.5) is 14.5 Å². The van der Waals surface area contributed by atoms with Crippen LogP contribution in [0.3, 0.4) is 0 Å². The lowest BCUT2D eigenvalue weighted by atomic mass is 10.1. The first-order valence-corrected chi connectivity index (χ1v) is 5.53. The molecule has 1 aromatic carbocycles. The van der Waals surface area contributed by atoms with Crippen LogP contribution in [0, 0.1) is 11.6 Å². The smallest absolute Gasteiger partial charge is 0.254 e. The summed E-state index contributed by atoms with van der Waals surface area (Å²) < 4.78 is 26.8. The molecular weight excluding hydrogens is 254 g/mol. The Bertz CT molecular complexity index is 598. The van der Waals surface area contributed by atoms with Crippen molar-refractivity contribution in [1.82, 2.24) is 15.5 Å². The Hall–Kier alpha value is -2.44. The SMILES string of the molecule is CC(NC(=O)c1cc(F)cc(N)c1F)c1cn[nH]c1. The first-order valence-electron chi connectivity index (χ1n) is 5.53. The van der Waals surface area contributed by atoms with E-state index in [0.29, 0.717) is 0 Å². The number of carbonyl (C=O) groups is 1. The van der Waals surface area contributed by atoms with Gasteiger partial charge in [0.1, 0.15) is 5.82 Å². The second-order valence-electron chi connectivity index (χ2n) is 4.08. The maximum absolute atomic E-state index is 13.7. The van der Waals surface area contributed by atoms with Crippen molar-refractivity contribution in [2.24, 2.45) is 0 Å². The van der Waals surface area contributed by atoms with Crippen molar-refractivity contribution < 1.29 is 13.6 Å². The van der Waals surface area contributed by atoms with E-state index in [9.17, 15) is 13.6 Å². The fourth-order valence-electron chi connectivity index (χ4n) is 1.63. The average Bonchev–Trinajstić information content (AvgIpc) is 2.87. The van der Waals surface area contributed by atoms with E-state index >= 15 is 0 Å². The number of aromatic amines is 1. The molecule has 0 aliphatic heterocycles. The zero-order chi connectivity index (χ0) is 14.0. The maximum atomic E-state index is 13.7. The van der Waals surface area contributed by atoms with Crippen LogP contribution in [0.15, 0.2) is 24.5 Å². The van der Waals surface area contributed by atoms with Gasteiger partial charge >= 0.3 is 0 Å². The number of hydrogen-bond acceptors (Lipinski definition) is 3. The molecule has 0 fully saturated rings. The minimum Gasteiger partial charge on any atom is -0.396 e. The second-order valence-corrected chi connectivity index (χ2v) is 4.08. The zero-order valence-corrected chi connectivity index (χ0v) is 10.1. The highest BCUT2D eigenvalue weighted by Gasteiger charge is 2.18. The molecule has 0 radical (unpaired) electrons. The van der Waals surface area contributed by atoms with Gasteiger partial charge < -0.3 is 11.1 Å². The highest BCUT2D eigenvalue weighted by atomic mass is 19.1. The number of amides is 1. The Kier molecular flexibility index (Phi) is 3.46. The molecule has 0 spiro atoms. The van der Waals surface area contributed by atoms with Gasteiger partial charge in [0.15, 0.2) is 5.82 Å². The standard InChI is InChI=1S/C12H12F2N4O/c1-6(7-4-16-17-5-7)18-12(19)9-2-8(13)3-10(15)11(9)14/h2-6H,15H2,1H3,(H,16,17)(H,18,19). The third-order valence-electron chi connectivity index (χ3n) is 2.68. The summed E-state index contributed by atoms with van der Waals surface area (Å²) in [6.45, 7) is 1.70. The number of halogens is 2. The highest BCUT2D eigenvalue weighted by Crippen LogP contribution is 2.18. The molecule has 0 aliphatic rings. The third-order valence-corrected chi connectivity index (χ3v) is 2.68. The van der Waals surface area contributed by atoms with E-state index in [1.165, 1.54) is 6.20 Å². The molecule has 1 amide bonds. The van der Waals surface area contributed by atoms with E-state index in [1.807, 2.05) is 0 Å². The summed E-state index contributed by atoms with van der Waals surface area (Å²) in [6, 6.07) is 1.24. The van der Waals surface area contributed by atoms with Crippen molar-refractivity contribution in [3.8, 4) is 0 Å². The molecular formula is C12H12F2N4O. The summed E-state index contributed by atoms with van der Waals surface area (Å²) in [4.78, 5) is 11.9. The van der Waals surface area contributed by atoms with Crippen molar-refractivity contribution in [3.63, 3.8) is 0 Å². The first kappa shape index (κ1) is 13.0. The maximum Gasteiger partial charge on any atom is 0.254 e. The molecule has 0 bridgehead atoms. The summed E-state index contributed by atoms with van der Waals surface area (Å²) in [7, 11) is 0. The molecule has 0 saturated carbocycles. The Morgan fingerprint density at radius 2 is 2.21 bits per heavy atom. The van der Waals surface area contributed by atoms with Crippen LogP contribution in [-0.4, -0.2) is 16.1 Å². The van der Waals surface area contributed by atoms with Crippen LogP contribution < -0.4 is 11.1 Å². The van der Waals surface area contributed by atoms with Crippen molar-refractivity contribution in [3.05, 3.63) is 47.3 Å². The fraction of sp³-hybridized carbons (Fsp3) is 0.167. The number of carbonyl (C=O) groups excluding carboxylic acids is 1. The second kappa shape index (κ2) is 5.05. The fourth-order valence-corrected chi connectivity index (χ4v) is 1.63. The first-order chi connectivity index (χ1) is 8.99. The Labute approximate surface area is 107 Å². The van der Waals surface area contributed by atoms with Gasteiger partial charge in [0.25, 0.3) is 5.91 Å². The topological polar surface area (TPSA) is 83.8 Å². The summed E-state index contributed by atoms with van der Waals surface area (Å²) in [5.74, 6) is -2.43. The number of H-pyrrole nitrogens is 1. The van der Waals surface area contributed by atoms with Crippen molar-refractivity contribution >= 4 is 11.6 Å². The lowest BCUT2D eigenvalue weighted by Crippen LogP contribution is -2.27. The van der Waals surface area contributed by atoms with Gasteiger partial charge in [-0.3, -0.25) is 9.89 Å². The number of hydrogen-bond donors (Lipinski definition) is 3. The summed E-state index contributed by atoms with van der Waals surface area (Å²) in [6.07, 6.45) is 3.13. The van der Waals surface area contributed by atoms with Crippen molar-refractivity contribution in [2.75, 3.05) is 5.73 Å². The van der Waals surface area contributed by atoms with Crippen molar-refractivity contribution in [1.29, 1.82) is 0 Å². The van der Waals surface area contributed by atoms with Crippen LogP contribution in [-0.2, 0) is 0 Å². The number of nitrogens with zero attached hydrogens (tertiary/aromatic N) is 1. The lowest BCUT2D eigenvalue weighted by molar-refractivity contribution is 0.0935. The molecule has 0 saturated heterocycles. The molecule has 1 unspecified atom stereocenters. The number of rotatable bonds is 3.